The molecular weight excluding hydrogens is 236 g/mol. The van der Waals surface area contributed by atoms with Crippen molar-refractivity contribution in [1.29, 1.82) is 0 Å². The van der Waals surface area contributed by atoms with E-state index < -0.39 is 28.9 Å². The molecule has 0 saturated heterocycles. The average Bonchev–Trinajstić information content (AvgIpc) is 2.10. The lowest BCUT2D eigenvalue weighted by Crippen LogP contribution is -2.57. The quantitative estimate of drug-likeness (QED) is 0.540. The maximum Gasteiger partial charge on any atom is 0.306 e. The second-order valence-electron chi connectivity index (χ2n) is 6.10. The van der Waals surface area contributed by atoms with Crippen molar-refractivity contribution in [3.8, 4) is 0 Å². The lowest BCUT2D eigenvalue weighted by molar-refractivity contribution is -0.143. The molecule has 0 fully saturated rings. The van der Waals surface area contributed by atoms with Gasteiger partial charge in [-0.05, 0) is 34.6 Å². The van der Waals surface area contributed by atoms with Crippen LogP contribution in [0.5, 0.6) is 0 Å². The molecule has 0 aliphatic rings. The zero-order valence-corrected chi connectivity index (χ0v) is 11.7. The van der Waals surface area contributed by atoms with Crippen LogP contribution in [0.1, 0.15) is 41.0 Å². The predicted octanol–water partition coefficient (Wildman–Crippen LogP) is 0.0918. The first-order chi connectivity index (χ1) is 7.79. The maximum atomic E-state index is 12.0. The summed E-state index contributed by atoms with van der Waals surface area (Å²) < 4.78 is 0. The third-order valence-electron chi connectivity index (χ3n) is 3.34. The fourth-order valence-corrected chi connectivity index (χ4v) is 1.17. The molecule has 1 amide bonds. The summed E-state index contributed by atoms with van der Waals surface area (Å²) in [5.41, 5.74) is 2.89. The van der Waals surface area contributed by atoms with Crippen LogP contribution in [0.4, 0.5) is 0 Å². The van der Waals surface area contributed by atoms with Crippen molar-refractivity contribution < 1.29 is 19.8 Å². The van der Waals surface area contributed by atoms with Gasteiger partial charge in [-0.3, -0.25) is 9.59 Å². The van der Waals surface area contributed by atoms with Gasteiger partial charge < -0.3 is 21.3 Å². The Labute approximate surface area is 108 Å². The van der Waals surface area contributed by atoms with E-state index in [-0.39, 0.29) is 12.5 Å². The van der Waals surface area contributed by atoms with Crippen LogP contribution in [-0.4, -0.2) is 39.8 Å². The maximum absolute atomic E-state index is 12.0. The number of amides is 1. The number of carbonyl (C=O) groups excluding carboxylic acids is 1. The largest absolute Gasteiger partial charge is 0.481 e. The van der Waals surface area contributed by atoms with E-state index in [1.54, 1.807) is 27.7 Å². The molecule has 6 nitrogen and oxygen atoms in total. The van der Waals surface area contributed by atoms with Crippen LogP contribution in [0.15, 0.2) is 0 Å². The molecule has 0 saturated carbocycles. The Bertz CT molecular complexity index is 329. The first kappa shape index (κ1) is 16.9. The minimum absolute atomic E-state index is 0.127. The third-order valence-corrected chi connectivity index (χ3v) is 3.34. The molecule has 1 atom stereocenters. The van der Waals surface area contributed by atoms with E-state index in [0.29, 0.717) is 0 Å². The highest BCUT2D eigenvalue weighted by atomic mass is 16.4. The Morgan fingerprint density at radius 2 is 1.61 bits per heavy atom. The molecule has 0 aliphatic heterocycles. The van der Waals surface area contributed by atoms with Crippen molar-refractivity contribution in [3.05, 3.63) is 0 Å². The van der Waals surface area contributed by atoms with E-state index in [4.69, 9.17) is 10.8 Å². The molecule has 0 aromatic carbocycles. The van der Waals surface area contributed by atoms with Crippen LogP contribution in [0.25, 0.3) is 0 Å². The Hall–Kier alpha value is -1.14. The molecule has 0 heterocycles. The highest BCUT2D eigenvalue weighted by molar-refractivity contribution is 5.83. The average molecular weight is 260 g/mol. The molecule has 18 heavy (non-hydrogen) atoms. The summed E-state index contributed by atoms with van der Waals surface area (Å²) >= 11 is 0. The predicted molar refractivity (Wildman–Crippen MR) is 67.9 cm³/mol. The van der Waals surface area contributed by atoms with E-state index in [1.165, 1.54) is 6.92 Å². The molecule has 0 aliphatic carbocycles. The Kier molecular flexibility index (Phi) is 4.91. The van der Waals surface area contributed by atoms with Crippen molar-refractivity contribution in [1.82, 2.24) is 5.32 Å². The van der Waals surface area contributed by atoms with E-state index in [9.17, 15) is 14.7 Å². The minimum atomic E-state index is -1.48. The topological polar surface area (TPSA) is 113 Å². The second-order valence-corrected chi connectivity index (χ2v) is 6.10. The van der Waals surface area contributed by atoms with Gasteiger partial charge in [-0.1, -0.05) is 0 Å². The van der Waals surface area contributed by atoms with Crippen LogP contribution < -0.4 is 11.1 Å². The second kappa shape index (κ2) is 5.24. The van der Waals surface area contributed by atoms with Crippen molar-refractivity contribution in [2.24, 2.45) is 11.1 Å². The molecule has 0 spiro atoms. The fraction of sp³-hybridized carbons (Fsp3) is 0.833. The van der Waals surface area contributed by atoms with Crippen molar-refractivity contribution in [2.45, 2.75) is 52.2 Å². The van der Waals surface area contributed by atoms with Gasteiger partial charge in [-0.15, -0.1) is 0 Å². The molecule has 1 unspecified atom stereocenters. The summed E-state index contributed by atoms with van der Waals surface area (Å²) in [5.74, 6) is -1.44. The normalized spacial score (nSPS) is 15.9. The lowest BCUT2D eigenvalue weighted by Gasteiger charge is -2.37. The molecule has 6 heteroatoms. The number of nitrogens with two attached hydrogens (primary N) is 1. The number of carbonyl (C=O) groups is 2. The van der Waals surface area contributed by atoms with Crippen LogP contribution in [-0.2, 0) is 9.59 Å². The van der Waals surface area contributed by atoms with E-state index in [1.807, 2.05) is 0 Å². The number of hydrogen-bond acceptors (Lipinski definition) is 4. The monoisotopic (exact) mass is 260 g/mol. The van der Waals surface area contributed by atoms with E-state index in [0.717, 1.165) is 0 Å². The SMILES string of the molecule is CC(O)(CNC(=O)C(C)(C)C(C)(C)N)CC(=O)O. The minimum Gasteiger partial charge on any atom is -0.481 e. The summed E-state index contributed by atoms with van der Waals surface area (Å²) in [6.45, 7) is 8.12. The van der Waals surface area contributed by atoms with E-state index in [2.05, 4.69) is 5.32 Å². The standard InChI is InChI=1S/C12H24N2O4/c1-10(2,11(3,4)13)9(17)14-7-12(5,18)6-8(15)16/h18H,6-7,13H2,1-5H3,(H,14,17)(H,15,16). The van der Waals surface area contributed by atoms with Crippen molar-refractivity contribution in [3.63, 3.8) is 0 Å². The summed E-state index contributed by atoms with van der Waals surface area (Å²) in [5, 5.41) is 20.9. The van der Waals surface area contributed by atoms with E-state index >= 15 is 0 Å². The van der Waals surface area contributed by atoms with Gasteiger partial charge >= 0.3 is 5.97 Å². The summed E-state index contributed by atoms with van der Waals surface area (Å²) in [4.78, 5) is 22.5. The van der Waals surface area contributed by atoms with Gasteiger partial charge in [0.05, 0.1) is 17.4 Å². The first-order valence-electron chi connectivity index (χ1n) is 5.81. The highest BCUT2D eigenvalue weighted by Crippen LogP contribution is 2.28. The van der Waals surface area contributed by atoms with Crippen LogP contribution in [0, 0.1) is 5.41 Å². The Balaban J connectivity index is 4.57. The molecule has 0 bridgehead atoms. The smallest absolute Gasteiger partial charge is 0.306 e. The van der Waals surface area contributed by atoms with Gasteiger partial charge in [0.2, 0.25) is 5.91 Å². The van der Waals surface area contributed by atoms with Gasteiger partial charge in [0.1, 0.15) is 0 Å². The molecule has 0 rings (SSSR count). The number of carboxylic acid groups (broad SMARTS) is 1. The summed E-state index contributed by atoms with van der Waals surface area (Å²) in [6, 6.07) is 0. The highest BCUT2D eigenvalue weighted by Gasteiger charge is 2.41. The van der Waals surface area contributed by atoms with Gasteiger partial charge in [0.25, 0.3) is 0 Å². The van der Waals surface area contributed by atoms with Crippen molar-refractivity contribution in [2.75, 3.05) is 6.54 Å². The molecule has 5 N–H and O–H groups in total. The molecule has 106 valence electrons. The fourth-order valence-electron chi connectivity index (χ4n) is 1.17. The van der Waals surface area contributed by atoms with Crippen LogP contribution >= 0.6 is 0 Å². The Morgan fingerprint density at radius 1 is 1.17 bits per heavy atom. The third kappa shape index (κ3) is 4.62. The zero-order valence-electron chi connectivity index (χ0n) is 11.7. The number of aliphatic hydroxyl groups is 1. The molecule has 0 radical (unpaired) electrons. The number of hydrogen-bond donors (Lipinski definition) is 4. The van der Waals surface area contributed by atoms with Crippen LogP contribution in [0.3, 0.4) is 0 Å². The number of aliphatic carboxylic acids is 1. The number of nitrogens with one attached hydrogen (secondary N) is 1. The molecular formula is C12H24N2O4. The summed E-state index contributed by atoms with van der Waals surface area (Å²) in [6.07, 6.45) is -0.431. The van der Waals surface area contributed by atoms with Gasteiger partial charge in [-0.2, -0.15) is 0 Å². The number of rotatable bonds is 6. The van der Waals surface area contributed by atoms with Gasteiger partial charge in [0, 0.05) is 12.1 Å². The lowest BCUT2D eigenvalue weighted by atomic mass is 9.74. The zero-order chi connectivity index (χ0) is 14.8. The van der Waals surface area contributed by atoms with Crippen molar-refractivity contribution >= 4 is 11.9 Å². The number of carboxylic acids is 1. The Morgan fingerprint density at radius 3 is 1.94 bits per heavy atom. The summed E-state index contributed by atoms with van der Waals surface area (Å²) in [7, 11) is 0. The van der Waals surface area contributed by atoms with Gasteiger partial charge in [-0.25, -0.2) is 0 Å². The van der Waals surface area contributed by atoms with Gasteiger partial charge in [0.15, 0.2) is 0 Å². The molecule has 0 aromatic rings. The van der Waals surface area contributed by atoms with Crippen LogP contribution in [0.2, 0.25) is 0 Å². The first-order valence-corrected chi connectivity index (χ1v) is 5.81. The molecule has 0 aromatic heterocycles.